The van der Waals surface area contributed by atoms with Crippen LogP contribution >= 0.6 is 11.3 Å². The molecule has 0 saturated carbocycles. The molecule has 0 unspecified atom stereocenters. The van der Waals surface area contributed by atoms with Crippen LogP contribution in [0.1, 0.15) is 17.7 Å². The Kier molecular flexibility index (Phi) is 5.12. The molecule has 4 rings (SSSR count). The first-order chi connectivity index (χ1) is 13.6. The summed E-state index contributed by atoms with van der Waals surface area (Å²) >= 11 is 1.45. The number of benzene rings is 2. The van der Waals surface area contributed by atoms with E-state index in [1.54, 1.807) is 7.11 Å². The molecule has 142 valence electrons. The third kappa shape index (κ3) is 3.77. The van der Waals surface area contributed by atoms with Gasteiger partial charge in [0.15, 0.2) is 5.13 Å². The molecule has 0 radical (unpaired) electrons. The van der Waals surface area contributed by atoms with Crippen molar-refractivity contribution in [3.8, 4) is 17.0 Å². The Labute approximate surface area is 167 Å². The van der Waals surface area contributed by atoms with Crippen LogP contribution in [0, 0.1) is 6.92 Å². The molecule has 0 saturated heterocycles. The monoisotopic (exact) mass is 391 g/mol. The average molecular weight is 391 g/mol. The van der Waals surface area contributed by atoms with E-state index in [4.69, 9.17) is 4.74 Å². The van der Waals surface area contributed by atoms with E-state index in [0.717, 1.165) is 39.2 Å². The van der Waals surface area contributed by atoms with E-state index in [-0.39, 0.29) is 5.91 Å². The number of methoxy groups -OCH3 is 1. The van der Waals surface area contributed by atoms with Crippen molar-refractivity contribution in [2.45, 2.75) is 19.8 Å². The van der Waals surface area contributed by atoms with Crippen LogP contribution in [-0.2, 0) is 11.2 Å². The van der Waals surface area contributed by atoms with Gasteiger partial charge in [-0.1, -0.05) is 18.2 Å². The third-order valence-corrected chi connectivity index (χ3v) is 5.54. The number of anilines is 1. The molecule has 0 aliphatic rings. The largest absolute Gasteiger partial charge is 0.497 e. The number of aryl methyl sites for hydroxylation is 2. The van der Waals surface area contributed by atoms with Gasteiger partial charge in [-0.05, 0) is 54.8 Å². The van der Waals surface area contributed by atoms with E-state index >= 15 is 0 Å². The van der Waals surface area contributed by atoms with Crippen LogP contribution in [0.2, 0.25) is 0 Å². The Morgan fingerprint density at radius 2 is 1.96 bits per heavy atom. The molecular formula is C22H21N3O2S. The topological polar surface area (TPSA) is 67.0 Å². The van der Waals surface area contributed by atoms with Crippen LogP contribution < -0.4 is 10.1 Å². The van der Waals surface area contributed by atoms with Gasteiger partial charge in [0.05, 0.1) is 12.8 Å². The van der Waals surface area contributed by atoms with Crippen LogP contribution in [0.5, 0.6) is 5.75 Å². The molecule has 2 heterocycles. The standard InChI is InChI=1S/C22H21N3O2S/c1-14-13-28-22(23-14)25-20(26)12-11-18-17-5-3-4-6-19(17)24-21(18)15-7-9-16(27-2)10-8-15/h3-10,13,24H,11-12H2,1-2H3,(H,23,25,26). The van der Waals surface area contributed by atoms with Gasteiger partial charge in [0.1, 0.15) is 5.75 Å². The van der Waals surface area contributed by atoms with Gasteiger partial charge in [-0.3, -0.25) is 4.79 Å². The summed E-state index contributed by atoms with van der Waals surface area (Å²) in [6.45, 7) is 1.92. The molecule has 0 aliphatic heterocycles. The first kappa shape index (κ1) is 18.3. The summed E-state index contributed by atoms with van der Waals surface area (Å²) in [6.07, 6.45) is 1.03. The second kappa shape index (κ2) is 7.86. The lowest BCUT2D eigenvalue weighted by Crippen LogP contribution is -2.12. The smallest absolute Gasteiger partial charge is 0.226 e. The Balaban J connectivity index is 1.60. The molecule has 0 aliphatic carbocycles. The lowest BCUT2D eigenvalue weighted by Gasteiger charge is -2.07. The van der Waals surface area contributed by atoms with Crippen LogP contribution in [0.4, 0.5) is 5.13 Å². The minimum absolute atomic E-state index is 0.0275. The van der Waals surface area contributed by atoms with Gasteiger partial charge in [-0.25, -0.2) is 4.98 Å². The number of thiazole rings is 1. The Bertz CT molecular complexity index is 1110. The third-order valence-electron chi connectivity index (χ3n) is 4.66. The fraction of sp³-hybridized carbons (Fsp3) is 0.182. The van der Waals surface area contributed by atoms with Gasteiger partial charge < -0.3 is 15.0 Å². The lowest BCUT2D eigenvalue weighted by molar-refractivity contribution is -0.116. The zero-order valence-electron chi connectivity index (χ0n) is 15.8. The summed E-state index contributed by atoms with van der Waals surface area (Å²) in [5, 5.41) is 6.61. The highest BCUT2D eigenvalue weighted by Crippen LogP contribution is 2.32. The molecule has 4 aromatic rings. The molecular weight excluding hydrogens is 370 g/mol. The van der Waals surface area contributed by atoms with E-state index in [2.05, 4.69) is 27.4 Å². The highest BCUT2D eigenvalue weighted by atomic mass is 32.1. The highest BCUT2D eigenvalue weighted by molar-refractivity contribution is 7.13. The van der Waals surface area contributed by atoms with Gasteiger partial charge in [0, 0.05) is 28.4 Å². The van der Waals surface area contributed by atoms with Crippen LogP contribution in [0.3, 0.4) is 0 Å². The van der Waals surface area contributed by atoms with Crippen molar-refractivity contribution in [3.63, 3.8) is 0 Å². The fourth-order valence-electron chi connectivity index (χ4n) is 3.30. The van der Waals surface area contributed by atoms with Gasteiger partial charge in [0.2, 0.25) is 5.91 Å². The van der Waals surface area contributed by atoms with Crippen molar-refractivity contribution in [2.75, 3.05) is 12.4 Å². The van der Waals surface area contributed by atoms with E-state index in [9.17, 15) is 4.79 Å². The second-order valence-electron chi connectivity index (χ2n) is 6.59. The summed E-state index contributed by atoms with van der Waals surface area (Å²) in [6, 6.07) is 16.1. The van der Waals surface area contributed by atoms with Gasteiger partial charge >= 0.3 is 0 Å². The molecule has 2 N–H and O–H groups in total. The molecule has 1 amide bonds. The number of ether oxygens (including phenoxy) is 1. The van der Waals surface area contributed by atoms with Gasteiger partial charge in [0.25, 0.3) is 0 Å². The molecule has 2 aromatic carbocycles. The quantitative estimate of drug-likeness (QED) is 0.476. The number of nitrogens with zero attached hydrogens (tertiary/aromatic N) is 1. The number of aromatic amines is 1. The molecule has 0 atom stereocenters. The van der Waals surface area contributed by atoms with E-state index in [0.29, 0.717) is 18.0 Å². The number of aromatic nitrogens is 2. The predicted molar refractivity (Wildman–Crippen MR) is 114 cm³/mol. The van der Waals surface area contributed by atoms with Crippen LogP contribution in [-0.4, -0.2) is 23.0 Å². The zero-order valence-corrected chi connectivity index (χ0v) is 16.6. The zero-order chi connectivity index (χ0) is 19.5. The number of H-pyrrole nitrogens is 1. The van der Waals surface area contributed by atoms with Crippen LogP contribution in [0.15, 0.2) is 53.9 Å². The molecule has 0 spiro atoms. The number of hydrogen-bond donors (Lipinski definition) is 2. The van der Waals surface area contributed by atoms with E-state index < -0.39 is 0 Å². The number of amides is 1. The summed E-state index contributed by atoms with van der Waals surface area (Å²) in [5.74, 6) is 0.792. The minimum atomic E-state index is -0.0275. The Morgan fingerprint density at radius 1 is 1.18 bits per heavy atom. The number of rotatable bonds is 6. The summed E-state index contributed by atoms with van der Waals surface area (Å²) in [5.41, 5.74) is 5.24. The Hall–Kier alpha value is -3.12. The van der Waals surface area contributed by atoms with Gasteiger partial charge in [-0.15, -0.1) is 11.3 Å². The van der Waals surface area contributed by atoms with Crippen molar-refractivity contribution in [1.29, 1.82) is 0 Å². The SMILES string of the molecule is COc1ccc(-c2[nH]c3ccccc3c2CCC(=O)Nc2nc(C)cs2)cc1. The molecule has 6 heteroatoms. The summed E-state index contributed by atoms with van der Waals surface area (Å²) in [4.78, 5) is 20.2. The average Bonchev–Trinajstić information content (AvgIpc) is 3.29. The maximum Gasteiger partial charge on any atom is 0.226 e. The van der Waals surface area contributed by atoms with E-state index in [1.165, 1.54) is 11.3 Å². The molecule has 5 nitrogen and oxygen atoms in total. The maximum absolute atomic E-state index is 12.4. The number of carbonyl (C=O) groups excluding carboxylic acids is 1. The van der Waals surface area contributed by atoms with Crippen molar-refractivity contribution in [2.24, 2.45) is 0 Å². The molecule has 0 bridgehead atoms. The first-order valence-electron chi connectivity index (χ1n) is 9.10. The lowest BCUT2D eigenvalue weighted by atomic mass is 10.0. The number of hydrogen-bond acceptors (Lipinski definition) is 4. The summed E-state index contributed by atoms with van der Waals surface area (Å²) in [7, 11) is 1.66. The van der Waals surface area contributed by atoms with Crippen LogP contribution in [0.25, 0.3) is 22.2 Å². The van der Waals surface area contributed by atoms with Crippen molar-refractivity contribution in [3.05, 3.63) is 65.2 Å². The van der Waals surface area contributed by atoms with Crippen molar-refractivity contribution < 1.29 is 9.53 Å². The second-order valence-corrected chi connectivity index (χ2v) is 7.45. The number of nitrogens with one attached hydrogen (secondary N) is 2. The maximum atomic E-state index is 12.4. The fourth-order valence-corrected chi connectivity index (χ4v) is 4.00. The minimum Gasteiger partial charge on any atom is -0.497 e. The van der Waals surface area contributed by atoms with E-state index in [1.807, 2.05) is 48.7 Å². The van der Waals surface area contributed by atoms with Crippen molar-refractivity contribution in [1.82, 2.24) is 9.97 Å². The summed E-state index contributed by atoms with van der Waals surface area (Å²) < 4.78 is 5.26. The molecule has 2 aromatic heterocycles. The predicted octanol–water partition coefficient (Wildman–Crippen LogP) is 5.18. The number of carbonyl (C=O) groups is 1. The van der Waals surface area contributed by atoms with Crippen molar-refractivity contribution >= 4 is 33.3 Å². The Morgan fingerprint density at radius 3 is 2.68 bits per heavy atom. The molecule has 28 heavy (non-hydrogen) atoms. The normalized spacial score (nSPS) is 10.9. The number of para-hydroxylation sites is 1. The highest BCUT2D eigenvalue weighted by Gasteiger charge is 2.15. The molecule has 0 fully saturated rings. The van der Waals surface area contributed by atoms with Gasteiger partial charge in [-0.2, -0.15) is 0 Å². The first-order valence-corrected chi connectivity index (χ1v) is 9.98. The number of fused-ring (bicyclic) bond motifs is 1.